The third kappa shape index (κ3) is 5.95. The van der Waals surface area contributed by atoms with Gasteiger partial charge in [0.25, 0.3) is 0 Å². The molecule has 0 aliphatic rings. The van der Waals surface area contributed by atoms with Crippen molar-refractivity contribution in [2.24, 2.45) is 0 Å². The predicted octanol–water partition coefficient (Wildman–Crippen LogP) is 4.12. The van der Waals surface area contributed by atoms with E-state index in [1.165, 1.54) is 11.1 Å². The van der Waals surface area contributed by atoms with Gasteiger partial charge >= 0.3 is 0 Å². The zero-order valence-electron chi connectivity index (χ0n) is 13.7. The van der Waals surface area contributed by atoms with Crippen molar-refractivity contribution in [3.8, 4) is 0 Å². The van der Waals surface area contributed by atoms with E-state index in [-0.39, 0.29) is 5.91 Å². The van der Waals surface area contributed by atoms with Crippen LogP contribution in [0.5, 0.6) is 0 Å². The molecule has 2 N–H and O–H groups in total. The number of hydrogen-bond acceptors (Lipinski definition) is 2. The maximum atomic E-state index is 11.9. The topological polar surface area (TPSA) is 41.1 Å². The van der Waals surface area contributed by atoms with Crippen LogP contribution in [0.3, 0.4) is 0 Å². The number of aryl methyl sites for hydroxylation is 2. The zero-order valence-corrected chi connectivity index (χ0v) is 14.4. The molecule has 2 aromatic carbocycles. The fourth-order valence-electron chi connectivity index (χ4n) is 2.45. The Morgan fingerprint density at radius 3 is 2.65 bits per heavy atom. The van der Waals surface area contributed by atoms with E-state index < -0.39 is 0 Å². The van der Waals surface area contributed by atoms with E-state index in [0.717, 1.165) is 22.7 Å². The van der Waals surface area contributed by atoms with Gasteiger partial charge in [0.05, 0.1) is 0 Å². The molecule has 0 aliphatic carbocycles. The number of nitrogens with one attached hydrogen (secondary N) is 2. The van der Waals surface area contributed by atoms with Crippen LogP contribution in [-0.4, -0.2) is 19.0 Å². The van der Waals surface area contributed by atoms with E-state index in [9.17, 15) is 4.79 Å². The molecule has 0 spiro atoms. The number of benzene rings is 2. The Balaban J connectivity index is 1.67. The summed E-state index contributed by atoms with van der Waals surface area (Å²) in [6, 6.07) is 14.0. The largest absolute Gasteiger partial charge is 0.384 e. The average molecular weight is 331 g/mol. The van der Waals surface area contributed by atoms with E-state index in [1.54, 1.807) is 0 Å². The highest BCUT2D eigenvalue weighted by Gasteiger charge is 2.03. The highest BCUT2D eigenvalue weighted by molar-refractivity contribution is 6.30. The van der Waals surface area contributed by atoms with Gasteiger partial charge in [0.2, 0.25) is 5.91 Å². The molecule has 2 aromatic rings. The van der Waals surface area contributed by atoms with E-state index in [2.05, 4.69) is 42.7 Å². The standard InChI is InChI=1S/C19H23ClN2O/c1-14-6-7-18(15(2)12-14)21-11-9-19(23)22-10-8-16-4-3-5-17(20)13-16/h3-7,12-13,21H,8-11H2,1-2H3,(H,22,23). The Morgan fingerprint density at radius 1 is 1.09 bits per heavy atom. The van der Waals surface area contributed by atoms with Crippen LogP contribution in [0.2, 0.25) is 5.02 Å². The van der Waals surface area contributed by atoms with Crippen LogP contribution in [0.15, 0.2) is 42.5 Å². The minimum absolute atomic E-state index is 0.0595. The van der Waals surface area contributed by atoms with Gasteiger partial charge in [0.1, 0.15) is 0 Å². The van der Waals surface area contributed by atoms with Crippen molar-refractivity contribution in [1.82, 2.24) is 5.32 Å². The van der Waals surface area contributed by atoms with Crippen LogP contribution < -0.4 is 10.6 Å². The van der Waals surface area contributed by atoms with Crippen molar-refractivity contribution in [2.75, 3.05) is 18.4 Å². The molecule has 4 heteroatoms. The van der Waals surface area contributed by atoms with E-state index in [0.29, 0.717) is 19.5 Å². The summed E-state index contributed by atoms with van der Waals surface area (Å²) in [6.07, 6.45) is 1.25. The quantitative estimate of drug-likeness (QED) is 0.802. The molecule has 0 unspecified atom stereocenters. The van der Waals surface area contributed by atoms with Crippen LogP contribution in [0, 0.1) is 13.8 Å². The first-order valence-corrected chi connectivity index (χ1v) is 8.24. The van der Waals surface area contributed by atoms with E-state index in [1.807, 2.05) is 24.3 Å². The Morgan fingerprint density at radius 2 is 1.91 bits per heavy atom. The summed E-state index contributed by atoms with van der Waals surface area (Å²) in [7, 11) is 0. The lowest BCUT2D eigenvalue weighted by molar-refractivity contribution is -0.120. The second-order valence-corrected chi connectivity index (χ2v) is 6.16. The van der Waals surface area contributed by atoms with Crippen LogP contribution in [0.25, 0.3) is 0 Å². The van der Waals surface area contributed by atoms with Gasteiger partial charge in [-0.05, 0) is 49.6 Å². The molecule has 0 fully saturated rings. The molecule has 2 rings (SSSR count). The summed E-state index contributed by atoms with van der Waals surface area (Å²) >= 11 is 5.94. The van der Waals surface area contributed by atoms with Crippen LogP contribution in [0.1, 0.15) is 23.1 Å². The second kappa shape index (κ2) is 8.59. The molecule has 0 atom stereocenters. The van der Waals surface area contributed by atoms with Crippen molar-refractivity contribution in [3.63, 3.8) is 0 Å². The van der Waals surface area contributed by atoms with Gasteiger partial charge in [-0.3, -0.25) is 4.79 Å². The van der Waals surface area contributed by atoms with Gasteiger partial charge in [-0.25, -0.2) is 0 Å². The minimum Gasteiger partial charge on any atom is -0.384 e. The van der Waals surface area contributed by atoms with Crippen molar-refractivity contribution < 1.29 is 4.79 Å². The van der Waals surface area contributed by atoms with Gasteiger partial charge in [0, 0.05) is 30.2 Å². The summed E-state index contributed by atoms with van der Waals surface area (Å²) in [6.45, 7) is 5.40. The van der Waals surface area contributed by atoms with Crippen molar-refractivity contribution in [1.29, 1.82) is 0 Å². The van der Waals surface area contributed by atoms with Crippen molar-refractivity contribution in [2.45, 2.75) is 26.7 Å². The van der Waals surface area contributed by atoms with Crippen LogP contribution in [-0.2, 0) is 11.2 Å². The molecule has 0 saturated carbocycles. The van der Waals surface area contributed by atoms with E-state index >= 15 is 0 Å². The Kier molecular flexibility index (Phi) is 6.48. The SMILES string of the molecule is Cc1ccc(NCCC(=O)NCCc2cccc(Cl)c2)c(C)c1. The Bertz CT molecular complexity index is 670. The number of amides is 1. The first-order valence-electron chi connectivity index (χ1n) is 7.87. The lowest BCUT2D eigenvalue weighted by atomic mass is 10.1. The fraction of sp³-hybridized carbons (Fsp3) is 0.316. The second-order valence-electron chi connectivity index (χ2n) is 5.73. The van der Waals surface area contributed by atoms with Gasteiger partial charge < -0.3 is 10.6 Å². The van der Waals surface area contributed by atoms with Gasteiger partial charge in [-0.2, -0.15) is 0 Å². The van der Waals surface area contributed by atoms with Crippen LogP contribution in [0.4, 0.5) is 5.69 Å². The summed E-state index contributed by atoms with van der Waals surface area (Å²) < 4.78 is 0. The molecule has 0 heterocycles. The highest BCUT2D eigenvalue weighted by atomic mass is 35.5. The number of carbonyl (C=O) groups excluding carboxylic acids is 1. The zero-order chi connectivity index (χ0) is 16.7. The van der Waals surface area contributed by atoms with Crippen LogP contribution >= 0.6 is 11.6 Å². The fourth-order valence-corrected chi connectivity index (χ4v) is 2.66. The van der Waals surface area contributed by atoms with Gasteiger partial charge in [-0.15, -0.1) is 0 Å². The lowest BCUT2D eigenvalue weighted by Crippen LogP contribution is -2.27. The Labute approximate surface area is 143 Å². The number of halogens is 1. The summed E-state index contributed by atoms with van der Waals surface area (Å²) in [5.41, 5.74) is 4.66. The summed E-state index contributed by atoms with van der Waals surface area (Å²) in [5, 5.41) is 6.98. The molecule has 0 radical (unpaired) electrons. The molecule has 3 nitrogen and oxygen atoms in total. The van der Waals surface area contributed by atoms with Gasteiger partial charge in [0.15, 0.2) is 0 Å². The van der Waals surface area contributed by atoms with Crippen molar-refractivity contribution >= 4 is 23.2 Å². The molecular weight excluding hydrogens is 308 g/mol. The first-order chi connectivity index (χ1) is 11.0. The molecular formula is C19H23ClN2O. The Hall–Kier alpha value is -2.00. The maximum absolute atomic E-state index is 11.9. The molecule has 23 heavy (non-hydrogen) atoms. The van der Waals surface area contributed by atoms with E-state index in [4.69, 9.17) is 11.6 Å². The summed E-state index contributed by atoms with van der Waals surface area (Å²) in [5.74, 6) is 0.0595. The smallest absolute Gasteiger partial charge is 0.221 e. The molecule has 0 aromatic heterocycles. The highest BCUT2D eigenvalue weighted by Crippen LogP contribution is 2.15. The van der Waals surface area contributed by atoms with Crippen molar-refractivity contribution in [3.05, 3.63) is 64.2 Å². The molecule has 0 bridgehead atoms. The number of anilines is 1. The minimum atomic E-state index is 0.0595. The number of carbonyl (C=O) groups is 1. The normalized spacial score (nSPS) is 10.4. The molecule has 0 aliphatic heterocycles. The monoisotopic (exact) mass is 330 g/mol. The first kappa shape index (κ1) is 17.4. The summed E-state index contributed by atoms with van der Waals surface area (Å²) in [4.78, 5) is 11.9. The molecule has 122 valence electrons. The average Bonchev–Trinajstić information content (AvgIpc) is 2.49. The number of rotatable bonds is 7. The maximum Gasteiger partial charge on any atom is 0.221 e. The number of hydrogen-bond donors (Lipinski definition) is 2. The third-order valence-electron chi connectivity index (χ3n) is 3.67. The third-order valence-corrected chi connectivity index (χ3v) is 3.91. The molecule has 1 amide bonds. The lowest BCUT2D eigenvalue weighted by Gasteiger charge is -2.10. The molecule has 0 saturated heterocycles. The predicted molar refractivity (Wildman–Crippen MR) is 97.2 cm³/mol. The van der Waals surface area contributed by atoms with Gasteiger partial charge in [-0.1, -0.05) is 41.4 Å².